The number of rotatable bonds is 9. The molecule has 0 aliphatic heterocycles. The maximum Gasteiger partial charge on any atom is 0.286 e. The van der Waals surface area contributed by atoms with Gasteiger partial charge in [-0.3, -0.25) is 9.59 Å². The Morgan fingerprint density at radius 1 is 1.16 bits per heavy atom. The quantitative estimate of drug-likeness (QED) is 0.669. The van der Waals surface area contributed by atoms with E-state index in [0.717, 1.165) is 24.3 Å². The van der Waals surface area contributed by atoms with Crippen molar-refractivity contribution in [2.75, 3.05) is 25.6 Å². The predicted octanol–water partition coefficient (Wildman–Crippen LogP) is 2.51. The number of benzene rings is 1. The van der Waals surface area contributed by atoms with E-state index in [1.54, 1.807) is 31.4 Å². The topological polar surface area (TPSA) is 93.2 Å². The van der Waals surface area contributed by atoms with Crippen LogP contribution in [0.25, 0.3) is 0 Å². The number of nitrogens with one attached hydrogen (secondary N) is 2. The Morgan fingerprint density at radius 2 is 1.92 bits per heavy atom. The number of aromatic nitrogens is 2. The van der Waals surface area contributed by atoms with Gasteiger partial charge in [-0.25, -0.2) is 0 Å². The third-order valence-electron chi connectivity index (χ3n) is 3.34. The Morgan fingerprint density at radius 3 is 2.60 bits per heavy atom. The van der Waals surface area contributed by atoms with Gasteiger partial charge in [0.05, 0.1) is 0 Å². The smallest absolute Gasteiger partial charge is 0.286 e. The van der Waals surface area contributed by atoms with E-state index >= 15 is 0 Å². The fourth-order valence-corrected chi connectivity index (χ4v) is 2.91. The zero-order valence-corrected chi connectivity index (χ0v) is 15.2. The van der Waals surface area contributed by atoms with Gasteiger partial charge < -0.3 is 15.4 Å². The highest BCUT2D eigenvalue weighted by atomic mass is 32.1. The first-order valence-electron chi connectivity index (χ1n) is 8.15. The van der Waals surface area contributed by atoms with Gasteiger partial charge in [-0.1, -0.05) is 18.3 Å². The van der Waals surface area contributed by atoms with E-state index in [1.165, 1.54) is 11.3 Å². The molecule has 0 saturated heterocycles. The summed E-state index contributed by atoms with van der Waals surface area (Å²) in [7, 11) is 1.63. The summed E-state index contributed by atoms with van der Waals surface area (Å²) in [5.41, 5.74) is 1.14. The van der Waals surface area contributed by atoms with Crippen LogP contribution in [0.1, 0.15) is 44.9 Å². The number of anilines is 1. The molecular weight excluding hydrogens is 340 g/mol. The Balaban J connectivity index is 1.88. The van der Waals surface area contributed by atoms with Gasteiger partial charge >= 0.3 is 0 Å². The lowest BCUT2D eigenvalue weighted by molar-refractivity contribution is 0.0948. The average Bonchev–Trinajstić information content (AvgIpc) is 3.08. The summed E-state index contributed by atoms with van der Waals surface area (Å²) in [6, 6.07) is 6.72. The van der Waals surface area contributed by atoms with Crippen LogP contribution in [-0.4, -0.2) is 42.3 Å². The second kappa shape index (κ2) is 9.85. The first-order chi connectivity index (χ1) is 12.1. The molecule has 134 valence electrons. The van der Waals surface area contributed by atoms with Crippen molar-refractivity contribution in [1.29, 1.82) is 0 Å². The third-order valence-corrected chi connectivity index (χ3v) is 4.32. The fraction of sp³-hybridized carbons (Fsp3) is 0.412. The van der Waals surface area contributed by atoms with Crippen molar-refractivity contribution < 1.29 is 14.3 Å². The van der Waals surface area contributed by atoms with Crippen LogP contribution in [0.5, 0.6) is 0 Å². The van der Waals surface area contributed by atoms with Crippen LogP contribution >= 0.6 is 11.3 Å². The number of methoxy groups -OCH3 is 1. The van der Waals surface area contributed by atoms with E-state index in [-0.39, 0.29) is 11.8 Å². The second-order valence-electron chi connectivity index (χ2n) is 5.38. The summed E-state index contributed by atoms with van der Waals surface area (Å²) in [6.07, 6.45) is 2.54. The van der Waals surface area contributed by atoms with Gasteiger partial charge in [0.1, 0.15) is 5.01 Å². The Kier molecular flexibility index (Phi) is 7.49. The average molecular weight is 362 g/mol. The predicted molar refractivity (Wildman–Crippen MR) is 97.1 cm³/mol. The minimum absolute atomic E-state index is 0.151. The van der Waals surface area contributed by atoms with Crippen molar-refractivity contribution in [3.63, 3.8) is 0 Å². The summed E-state index contributed by atoms with van der Waals surface area (Å²) < 4.78 is 4.93. The van der Waals surface area contributed by atoms with Crippen LogP contribution in [0.3, 0.4) is 0 Å². The number of hydrogen-bond acceptors (Lipinski definition) is 6. The van der Waals surface area contributed by atoms with Gasteiger partial charge in [0, 0.05) is 37.9 Å². The van der Waals surface area contributed by atoms with Gasteiger partial charge in [-0.05, 0) is 37.1 Å². The maximum atomic E-state index is 12.2. The molecule has 0 atom stereocenters. The molecule has 0 aliphatic carbocycles. The van der Waals surface area contributed by atoms with E-state index in [9.17, 15) is 9.59 Å². The molecule has 1 aromatic heterocycles. The molecule has 0 fully saturated rings. The van der Waals surface area contributed by atoms with Crippen molar-refractivity contribution in [2.24, 2.45) is 0 Å². The molecule has 2 N–H and O–H groups in total. The van der Waals surface area contributed by atoms with Crippen molar-refractivity contribution >= 4 is 28.8 Å². The summed E-state index contributed by atoms with van der Waals surface area (Å²) in [5, 5.41) is 14.7. The largest absolute Gasteiger partial charge is 0.385 e. The Hall–Kier alpha value is -2.32. The van der Waals surface area contributed by atoms with Crippen LogP contribution in [0, 0.1) is 0 Å². The van der Waals surface area contributed by atoms with E-state index in [2.05, 4.69) is 27.8 Å². The summed E-state index contributed by atoms with van der Waals surface area (Å²) in [4.78, 5) is 24.1. The number of nitrogens with zero attached hydrogens (tertiary/aromatic N) is 2. The van der Waals surface area contributed by atoms with Gasteiger partial charge in [0.2, 0.25) is 5.01 Å². The van der Waals surface area contributed by atoms with Crippen LogP contribution in [0.15, 0.2) is 24.3 Å². The lowest BCUT2D eigenvalue weighted by Gasteiger charge is -2.06. The molecule has 2 amide bonds. The number of aryl methyl sites for hydroxylation is 1. The van der Waals surface area contributed by atoms with Crippen LogP contribution in [0.2, 0.25) is 0 Å². The molecule has 0 spiro atoms. The normalized spacial score (nSPS) is 10.5. The number of carbonyl (C=O) groups is 2. The number of amides is 2. The minimum atomic E-state index is -0.295. The molecule has 1 aromatic carbocycles. The van der Waals surface area contributed by atoms with E-state index in [4.69, 9.17) is 4.74 Å². The molecule has 0 unspecified atom stereocenters. The molecule has 0 aliphatic rings. The van der Waals surface area contributed by atoms with Gasteiger partial charge in [0.15, 0.2) is 0 Å². The molecule has 25 heavy (non-hydrogen) atoms. The summed E-state index contributed by atoms with van der Waals surface area (Å²) in [6.45, 7) is 3.22. The zero-order chi connectivity index (χ0) is 18.1. The van der Waals surface area contributed by atoms with E-state index in [1.807, 2.05) is 0 Å². The molecular formula is C17H22N4O3S. The van der Waals surface area contributed by atoms with Gasteiger partial charge in [-0.15, -0.1) is 10.2 Å². The molecule has 0 bridgehead atoms. The van der Waals surface area contributed by atoms with E-state index < -0.39 is 0 Å². The Labute approximate surface area is 150 Å². The first-order valence-corrected chi connectivity index (χ1v) is 8.96. The number of ether oxygens (including phenoxy) is 1. The lowest BCUT2D eigenvalue weighted by Crippen LogP contribution is -2.25. The summed E-state index contributed by atoms with van der Waals surface area (Å²) in [5.74, 6) is -0.445. The fourth-order valence-electron chi connectivity index (χ4n) is 2.07. The third kappa shape index (κ3) is 5.91. The molecule has 7 nitrogen and oxygen atoms in total. The second-order valence-corrected chi connectivity index (χ2v) is 6.45. The number of hydrogen-bond donors (Lipinski definition) is 2. The highest BCUT2D eigenvalue weighted by Gasteiger charge is 2.13. The van der Waals surface area contributed by atoms with Crippen LogP contribution in [0.4, 0.5) is 5.69 Å². The highest BCUT2D eigenvalue weighted by molar-refractivity contribution is 7.13. The first kappa shape index (κ1) is 19.0. The molecule has 0 saturated carbocycles. The van der Waals surface area contributed by atoms with Crippen LogP contribution in [-0.2, 0) is 11.2 Å². The van der Waals surface area contributed by atoms with Gasteiger partial charge in [0.25, 0.3) is 11.8 Å². The SMILES string of the molecule is CCCc1nnc(C(=O)Nc2ccc(C(=O)NCCCOC)cc2)s1. The molecule has 0 radical (unpaired) electrons. The standard InChI is InChI=1S/C17H22N4O3S/c1-3-5-14-20-21-17(25-14)16(23)19-13-8-6-12(7-9-13)15(22)18-10-4-11-24-2/h6-9H,3-5,10-11H2,1-2H3,(H,18,22)(H,19,23). The van der Waals surface area contributed by atoms with Gasteiger partial charge in [-0.2, -0.15) is 0 Å². The summed E-state index contributed by atoms with van der Waals surface area (Å²) >= 11 is 1.30. The number of carbonyl (C=O) groups excluding carboxylic acids is 2. The minimum Gasteiger partial charge on any atom is -0.385 e. The molecule has 2 rings (SSSR count). The van der Waals surface area contributed by atoms with Crippen molar-refractivity contribution in [3.05, 3.63) is 39.8 Å². The van der Waals surface area contributed by atoms with E-state index in [0.29, 0.717) is 29.4 Å². The maximum absolute atomic E-state index is 12.2. The molecule has 8 heteroatoms. The zero-order valence-electron chi connectivity index (χ0n) is 14.4. The van der Waals surface area contributed by atoms with Crippen molar-refractivity contribution in [1.82, 2.24) is 15.5 Å². The lowest BCUT2D eigenvalue weighted by atomic mass is 10.2. The monoisotopic (exact) mass is 362 g/mol. The highest BCUT2D eigenvalue weighted by Crippen LogP contribution is 2.15. The van der Waals surface area contributed by atoms with Crippen molar-refractivity contribution in [3.8, 4) is 0 Å². The molecule has 1 heterocycles. The van der Waals surface area contributed by atoms with Crippen molar-refractivity contribution in [2.45, 2.75) is 26.2 Å². The van der Waals surface area contributed by atoms with Crippen LogP contribution < -0.4 is 10.6 Å². The molecule has 2 aromatic rings. The Bertz CT molecular complexity index is 700.